The molecule has 1 rings (SSSR count). The Labute approximate surface area is 267 Å². The van der Waals surface area contributed by atoms with Crippen molar-refractivity contribution < 1.29 is 24.5 Å². The summed E-state index contributed by atoms with van der Waals surface area (Å²) in [5.74, 6) is -0.315. The van der Waals surface area contributed by atoms with Crippen LogP contribution < -0.4 is 5.32 Å². The normalized spacial score (nSPS) is 13.0. The van der Waals surface area contributed by atoms with E-state index in [0.29, 0.717) is 19.4 Å². The first-order valence-corrected chi connectivity index (χ1v) is 16.4. The van der Waals surface area contributed by atoms with Crippen LogP contribution in [0.5, 0.6) is 11.5 Å². The molecule has 0 aliphatic heterocycles. The van der Waals surface area contributed by atoms with Crippen LogP contribution in [0.4, 0.5) is 0 Å². The largest absolute Gasteiger partial charge is 0.504 e. The van der Waals surface area contributed by atoms with E-state index in [2.05, 4.69) is 64.2 Å². The molecule has 0 heterocycles. The van der Waals surface area contributed by atoms with Gasteiger partial charge in [-0.3, -0.25) is 9.59 Å². The lowest BCUT2D eigenvalue weighted by Gasteiger charge is -2.10. The van der Waals surface area contributed by atoms with Gasteiger partial charge >= 0.3 is 5.97 Å². The molecule has 0 spiro atoms. The zero-order valence-electron chi connectivity index (χ0n) is 28.6. The second kappa shape index (κ2) is 22.3. The number of ether oxygens (including phenoxy) is 1. The monoisotopic (exact) mass is 609 g/mol. The predicted molar refractivity (Wildman–Crippen MR) is 183 cm³/mol. The lowest BCUT2D eigenvalue weighted by molar-refractivity contribution is -0.148. The maximum absolute atomic E-state index is 12.1. The lowest BCUT2D eigenvalue weighted by atomic mass is 10.0. The van der Waals surface area contributed by atoms with Gasteiger partial charge in [-0.25, -0.2) is 0 Å². The molecule has 0 saturated carbocycles. The molecule has 246 valence electrons. The fourth-order valence-corrected chi connectivity index (χ4v) is 4.85. The van der Waals surface area contributed by atoms with E-state index in [9.17, 15) is 19.8 Å². The number of rotatable bonds is 21. The van der Waals surface area contributed by atoms with Crippen molar-refractivity contribution in [1.29, 1.82) is 0 Å². The minimum absolute atomic E-state index is 0.166. The number of aryl methyl sites for hydroxylation is 1. The second-order valence-corrected chi connectivity index (χ2v) is 12.7. The van der Waals surface area contributed by atoms with E-state index in [4.69, 9.17) is 4.74 Å². The third-order valence-corrected chi connectivity index (χ3v) is 7.81. The van der Waals surface area contributed by atoms with Crippen molar-refractivity contribution in [2.75, 3.05) is 13.2 Å². The fraction of sp³-hybridized carbons (Fsp3) is 0.579. The number of carbonyl (C=O) groups excluding carboxylic acids is 2. The van der Waals surface area contributed by atoms with E-state index in [1.165, 1.54) is 48.1 Å². The van der Waals surface area contributed by atoms with Gasteiger partial charge in [0, 0.05) is 13.0 Å². The number of nitrogens with one attached hydrogen (secondary N) is 1. The van der Waals surface area contributed by atoms with E-state index in [1.54, 1.807) is 0 Å². The third-order valence-electron chi connectivity index (χ3n) is 7.81. The quantitative estimate of drug-likeness (QED) is 0.0559. The lowest BCUT2D eigenvalue weighted by Crippen LogP contribution is -2.30. The minimum atomic E-state index is -0.389. The topological polar surface area (TPSA) is 95.9 Å². The van der Waals surface area contributed by atoms with Crippen molar-refractivity contribution in [2.24, 2.45) is 5.92 Å². The number of aromatic hydroxyl groups is 2. The number of phenolic OH excluding ortho intramolecular Hbond substituents is 2. The number of hydrogen-bond acceptors (Lipinski definition) is 5. The van der Waals surface area contributed by atoms with Gasteiger partial charge in [-0.2, -0.15) is 0 Å². The fourth-order valence-electron chi connectivity index (χ4n) is 4.85. The minimum Gasteiger partial charge on any atom is -0.504 e. The van der Waals surface area contributed by atoms with E-state index >= 15 is 0 Å². The molecule has 0 atom stereocenters. The molecule has 0 aliphatic carbocycles. The van der Waals surface area contributed by atoms with Gasteiger partial charge in [-0.1, -0.05) is 66.9 Å². The Hall–Kier alpha value is -3.28. The molecular weight excluding hydrogens is 550 g/mol. The van der Waals surface area contributed by atoms with Crippen LogP contribution in [0, 0.1) is 12.8 Å². The highest BCUT2D eigenvalue weighted by Gasteiger charge is 2.09. The molecule has 0 aliphatic rings. The van der Waals surface area contributed by atoms with Crippen molar-refractivity contribution in [3.8, 4) is 11.5 Å². The molecule has 1 aromatic rings. The Balaban J connectivity index is 2.19. The van der Waals surface area contributed by atoms with Gasteiger partial charge in [-0.05, 0) is 128 Å². The predicted octanol–water partition coefficient (Wildman–Crippen LogP) is 9.34. The summed E-state index contributed by atoms with van der Waals surface area (Å²) < 4.78 is 5.12. The zero-order chi connectivity index (χ0) is 32.9. The number of unbranched alkanes of at least 4 members (excludes halogenated alkanes) is 1. The summed E-state index contributed by atoms with van der Waals surface area (Å²) in [6.07, 6.45) is 20.9. The van der Waals surface area contributed by atoms with Gasteiger partial charge in [0.05, 0.1) is 0 Å². The molecule has 0 radical (unpaired) electrons. The molecule has 0 aromatic heterocycles. The van der Waals surface area contributed by atoms with E-state index in [-0.39, 0.29) is 36.4 Å². The Morgan fingerprint density at radius 2 is 1.30 bits per heavy atom. The van der Waals surface area contributed by atoms with Gasteiger partial charge in [0.25, 0.3) is 5.91 Å². The average Bonchev–Trinajstić information content (AvgIpc) is 2.95. The Bertz CT molecular complexity index is 1160. The van der Waals surface area contributed by atoms with Gasteiger partial charge in [-0.15, -0.1) is 0 Å². The number of phenols is 2. The van der Waals surface area contributed by atoms with Crippen LogP contribution in [0.15, 0.2) is 58.7 Å². The van der Waals surface area contributed by atoms with Crippen LogP contribution >= 0.6 is 0 Å². The van der Waals surface area contributed by atoms with Crippen LogP contribution in [0.1, 0.15) is 123 Å². The van der Waals surface area contributed by atoms with Crippen molar-refractivity contribution in [2.45, 2.75) is 126 Å². The molecular formula is C38H59NO5. The Kier molecular flexibility index (Phi) is 19.6. The molecule has 0 fully saturated rings. The highest BCUT2D eigenvalue weighted by atomic mass is 16.5. The molecule has 1 aromatic carbocycles. The van der Waals surface area contributed by atoms with Crippen LogP contribution in [0.25, 0.3) is 0 Å². The third kappa shape index (κ3) is 19.1. The highest BCUT2D eigenvalue weighted by Crippen LogP contribution is 2.28. The summed E-state index contributed by atoms with van der Waals surface area (Å²) in [7, 11) is 0. The summed E-state index contributed by atoms with van der Waals surface area (Å²) in [5, 5.41) is 21.9. The summed E-state index contributed by atoms with van der Waals surface area (Å²) in [6, 6.07) is 2.97. The van der Waals surface area contributed by atoms with Gasteiger partial charge < -0.3 is 20.3 Å². The second-order valence-electron chi connectivity index (χ2n) is 12.7. The van der Waals surface area contributed by atoms with E-state index < -0.39 is 0 Å². The number of benzene rings is 1. The molecule has 44 heavy (non-hydrogen) atoms. The number of allylic oxidation sites excluding steroid dienone is 8. The van der Waals surface area contributed by atoms with E-state index in [1.807, 2.05) is 13.8 Å². The van der Waals surface area contributed by atoms with Gasteiger partial charge in [0.1, 0.15) is 0 Å². The number of hydrogen-bond donors (Lipinski definition) is 3. The van der Waals surface area contributed by atoms with Crippen LogP contribution in [-0.2, 0) is 20.7 Å². The summed E-state index contributed by atoms with van der Waals surface area (Å²) in [6.45, 7) is 15.2. The van der Waals surface area contributed by atoms with Crippen LogP contribution in [-0.4, -0.2) is 35.2 Å². The van der Waals surface area contributed by atoms with Crippen molar-refractivity contribution in [3.63, 3.8) is 0 Å². The number of amides is 1. The van der Waals surface area contributed by atoms with E-state index in [0.717, 1.165) is 61.1 Å². The molecule has 1 amide bonds. The molecule has 0 bridgehead atoms. The maximum Gasteiger partial charge on any atom is 0.306 e. The van der Waals surface area contributed by atoms with Crippen LogP contribution in [0.3, 0.4) is 0 Å². The molecule has 6 nitrogen and oxygen atoms in total. The maximum atomic E-state index is 12.1. The molecule has 6 heteroatoms. The standard InChI is InChI=1S/C38H59NO5/c1-28(2)13-10-16-31(5)19-11-17-29(3)14-8-9-15-30(4)18-12-20-32(6)21-22-38(43)44-27-37(42)39-24-23-34-26-36(41)35(40)25-33(34)7/h14-15,19-20,25-26,28,40-41H,8-13,16-18,21-24,27H2,1-7H3,(H,39,42)/b29-14+,30-15+,31-19-,32-20+. The van der Waals surface area contributed by atoms with Crippen molar-refractivity contribution >= 4 is 11.9 Å². The Morgan fingerprint density at radius 3 is 1.89 bits per heavy atom. The number of esters is 1. The highest BCUT2D eigenvalue weighted by molar-refractivity contribution is 5.80. The zero-order valence-corrected chi connectivity index (χ0v) is 28.6. The first-order valence-electron chi connectivity index (χ1n) is 16.4. The summed E-state index contributed by atoms with van der Waals surface area (Å²) in [5.41, 5.74) is 7.19. The average molecular weight is 610 g/mol. The molecule has 3 N–H and O–H groups in total. The van der Waals surface area contributed by atoms with Gasteiger partial charge in [0.2, 0.25) is 0 Å². The first kappa shape index (κ1) is 38.7. The smallest absolute Gasteiger partial charge is 0.306 e. The summed E-state index contributed by atoms with van der Waals surface area (Å²) in [4.78, 5) is 24.1. The van der Waals surface area contributed by atoms with Gasteiger partial charge in [0.15, 0.2) is 18.1 Å². The SMILES string of the molecule is C/C(=C/CC/C(C)=C/CC/C=C(\C)CC/C=C(\C)CCC(=O)OCC(=O)NCCc1cc(O)c(O)cc1C)CCCC(C)C. The first-order chi connectivity index (χ1) is 20.9. The molecule has 0 unspecified atom stereocenters. The molecule has 0 saturated heterocycles. The summed E-state index contributed by atoms with van der Waals surface area (Å²) >= 11 is 0. The van der Waals surface area contributed by atoms with Crippen molar-refractivity contribution in [1.82, 2.24) is 5.32 Å². The van der Waals surface area contributed by atoms with Crippen molar-refractivity contribution in [3.05, 3.63) is 69.9 Å². The Morgan fingerprint density at radius 1 is 0.773 bits per heavy atom. The number of carbonyl (C=O) groups is 2. The van der Waals surface area contributed by atoms with Crippen LogP contribution in [0.2, 0.25) is 0 Å².